The third-order valence-electron chi connectivity index (χ3n) is 3.23. The lowest BCUT2D eigenvalue weighted by atomic mass is 10.1. The number of benzene rings is 1. The van der Waals surface area contributed by atoms with E-state index >= 15 is 0 Å². The fourth-order valence-electron chi connectivity index (χ4n) is 2.18. The van der Waals surface area contributed by atoms with Crippen LogP contribution >= 0.6 is 11.3 Å². The van der Waals surface area contributed by atoms with Crippen LogP contribution in [-0.2, 0) is 19.9 Å². The van der Waals surface area contributed by atoms with Crippen LogP contribution in [0.25, 0.3) is 10.7 Å². The van der Waals surface area contributed by atoms with Crippen LogP contribution in [0.4, 0.5) is 0 Å². The van der Waals surface area contributed by atoms with Gasteiger partial charge in [0, 0.05) is 11.9 Å². The average Bonchev–Trinajstić information content (AvgIpc) is 3.09. The van der Waals surface area contributed by atoms with Crippen molar-refractivity contribution < 1.29 is 0 Å². The number of hydrogen-bond acceptors (Lipinski definition) is 4. The minimum absolute atomic E-state index is 0.837. The predicted octanol–water partition coefficient (Wildman–Crippen LogP) is 3.11. The lowest BCUT2D eigenvalue weighted by molar-refractivity contribution is 0.715. The zero-order valence-corrected chi connectivity index (χ0v) is 12.2. The summed E-state index contributed by atoms with van der Waals surface area (Å²) in [6.07, 6.45) is 3.39. The van der Waals surface area contributed by atoms with Crippen LogP contribution in [0, 0.1) is 0 Å². The number of thiophene rings is 1. The molecule has 3 aromatic rings. The fraction of sp³-hybridized carbons (Fsp3) is 0.267. The molecule has 0 N–H and O–H groups in total. The predicted molar refractivity (Wildman–Crippen MR) is 80.6 cm³/mol. The zero-order valence-electron chi connectivity index (χ0n) is 11.4. The summed E-state index contributed by atoms with van der Waals surface area (Å²) in [4.78, 5) is 2.52. The summed E-state index contributed by atoms with van der Waals surface area (Å²) in [5.41, 5.74) is 1.40. The third kappa shape index (κ3) is 2.93. The Hall–Kier alpha value is -2.01. The minimum Gasteiger partial charge on any atom is -0.228 e. The Morgan fingerprint density at radius 1 is 1.05 bits per heavy atom. The van der Waals surface area contributed by atoms with Gasteiger partial charge in [0.2, 0.25) is 0 Å². The molecule has 0 bridgehead atoms. The number of aryl methyl sites for hydroxylation is 3. The lowest BCUT2D eigenvalue weighted by Crippen LogP contribution is -1.92. The maximum atomic E-state index is 4.04. The lowest BCUT2D eigenvalue weighted by Gasteiger charge is -1.99. The van der Waals surface area contributed by atoms with Gasteiger partial charge in [-0.3, -0.25) is 0 Å². The molecule has 0 atom stereocenters. The molecule has 0 amide bonds. The Morgan fingerprint density at radius 2 is 1.90 bits per heavy atom. The van der Waals surface area contributed by atoms with Crippen LogP contribution in [0.1, 0.15) is 16.9 Å². The second-order valence-electron chi connectivity index (χ2n) is 4.73. The van der Waals surface area contributed by atoms with Gasteiger partial charge in [-0.1, -0.05) is 30.3 Å². The van der Waals surface area contributed by atoms with Crippen molar-refractivity contribution in [1.29, 1.82) is 0 Å². The third-order valence-corrected chi connectivity index (χ3v) is 4.37. The van der Waals surface area contributed by atoms with Crippen molar-refractivity contribution in [3.05, 3.63) is 52.9 Å². The van der Waals surface area contributed by atoms with E-state index in [1.54, 1.807) is 16.0 Å². The topological polar surface area (TPSA) is 43.6 Å². The zero-order chi connectivity index (χ0) is 13.8. The number of rotatable bonds is 5. The molecule has 4 nitrogen and oxygen atoms in total. The van der Waals surface area contributed by atoms with Crippen LogP contribution in [-0.4, -0.2) is 20.2 Å². The van der Waals surface area contributed by atoms with Gasteiger partial charge in [0.1, 0.15) is 0 Å². The van der Waals surface area contributed by atoms with Crippen LogP contribution in [0.2, 0.25) is 0 Å². The Labute approximate surface area is 122 Å². The second kappa shape index (κ2) is 5.96. The molecule has 2 aromatic heterocycles. The van der Waals surface area contributed by atoms with Crippen molar-refractivity contribution in [2.24, 2.45) is 7.05 Å². The SMILES string of the molecule is Cn1nnnc1-c1ccc(CCCc2ccccc2)s1. The highest BCUT2D eigenvalue weighted by Gasteiger charge is 2.08. The molecule has 5 heteroatoms. The Balaban J connectivity index is 1.59. The minimum atomic E-state index is 0.837. The van der Waals surface area contributed by atoms with Gasteiger partial charge in [-0.15, -0.1) is 16.4 Å². The molecule has 0 aliphatic heterocycles. The number of tetrazole rings is 1. The molecule has 3 rings (SSSR count). The van der Waals surface area contributed by atoms with E-state index < -0.39 is 0 Å². The molecular formula is C15H16N4S. The van der Waals surface area contributed by atoms with Gasteiger partial charge >= 0.3 is 0 Å². The molecular weight excluding hydrogens is 268 g/mol. The standard InChI is InChI=1S/C15H16N4S/c1-19-15(16-17-18-19)14-11-10-13(20-14)9-5-8-12-6-3-2-4-7-12/h2-4,6-7,10-11H,5,8-9H2,1H3. The highest BCUT2D eigenvalue weighted by atomic mass is 32.1. The maximum Gasteiger partial charge on any atom is 0.191 e. The first kappa shape index (κ1) is 13.0. The Kier molecular flexibility index (Phi) is 3.87. The van der Waals surface area contributed by atoms with Crippen molar-refractivity contribution in [2.45, 2.75) is 19.3 Å². The van der Waals surface area contributed by atoms with E-state index in [-0.39, 0.29) is 0 Å². The van der Waals surface area contributed by atoms with Crippen molar-refractivity contribution in [3.8, 4) is 10.7 Å². The van der Waals surface area contributed by atoms with E-state index in [4.69, 9.17) is 0 Å². The van der Waals surface area contributed by atoms with Gasteiger partial charge < -0.3 is 0 Å². The normalized spacial score (nSPS) is 10.8. The first-order valence-electron chi connectivity index (χ1n) is 6.68. The Morgan fingerprint density at radius 3 is 2.65 bits per heavy atom. The van der Waals surface area contributed by atoms with E-state index in [1.807, 2.05) is 7.05 Å². The van der Waals surface area contributed by atoms with Crippen molar-refractivity contribution in [2.75, 3.05) is 0 Å². The first-order valence-corrected chi connectivity index (χ1v) is 7.50. The van der Waals surface area contributed by atoms with Crippen LogP contribution in [0.15, 0.2) is 42.5 Å². The smallest absolute Gasteiger partial charge is 0.191 e. The molecule has 0 spiro atoms. The van der Waals surface area contributed by atoms with E-state index in [9.17, 15) is 0 Å². The molecule has 1 aromatic carbocycles. The van der Waals surface area contributed by atoms with Gasteiger partial charge in [0.25, 0.3) is 0 Å². The highest BCUT2D eigenvalue weighted by molar-refractivity contribution is 7.15. The van der Waals surface area contributed by atoms with Gasteiger partial charge in [-0.05, 0) is 47.4 Å². The van der Waals surface area contributed by atoms with E-state index in [1.165, 1.54) is 16.9 Å². The summed E-state index contributed by atoms with van der Waals surface area (Å²) in [6.45, 7) is 0. The second-order valence-corrected chi connectivity index (χ2v) is 5.90. The molecule has 20 heavy (non-hydrogen) atoms. The molecule has 102 valence electrons. The Bertz CT molecular complexity index is 672. The van der Waals surface area contributed by atoms with Crippen molar-refractivity contribution in [3.63, 3.8) is 0 Å². The molecule has 0 aliphatic rings. The summed E-state index contributed by atoms with van der Waals surface area (Å²) < 4.78 is 1.71. The fourth-order valence-corrected chi connectivity index (χ4v) is 3.25. The maximum absolute atomic E-state index is 4.04. The summed E-state index contributed by atoms with van der Waals surface area (Å²) in [6, 6.07) is 14.9. The molecule has 0 fully saturated rings. The number of aromatic nitrogens is 4. The molecule has 0 radical (unpaired) electrons. The van der Waals surface area contributed by atoms with Gasteiger partial charge in [0.05, 0.1) is 4.88 Å². The molecule has 0 unspecified atom stereocenters. The first-order chi connectivity index (χ1) is 9.83. The monoisotopic (exact) mass is 284 g/mol. The number of hydrogen-bond donors (Lipinski definition) is 0. The van der Waals surface area contributed by atoms with E-state index in [0.717, 1.165) is 23.5 Å². The van der Waals surface area contributed by atoms with Gasteiger partial charge in [-0.25, -0.2) is 4.68 Å². The molecule has 0 aliphatic carbocycles. The summed E-state index contributed by atoms with van der Waals surface area (Å²) in [5.74, 6) is 0.837. The van der Waals surface area contributed by atoms with Crippen LogP contribution in [0.5, 0.6) is 0 Å². The molecule has 0 saturated carbocycles. The van der Waals surface area contributed by atoms with Gasteiger partial charge in [0.15, 0.2) is 5.82 Å². The van der Waals surface area contributed by atoms with Crippen LogP contribution in [0.3, 0.4) is 0 Å². The summed E-state index contributed by atoms with van der Waals surface area (Å²) in [7, 11) is 1.87. The van der Waals surface area contributed by atoms with Crippen molar-refractivity contribution in [1.82, 2.24) is 20.2 Å². The molecule has 2 heterocycles. The van der Waals surface area contributed by atoms with Crippen LogP contribution < -0.4 is 0 Å². The quantitative estimate of drug-likeness (QED) is 0.723. The highest BCUT2D eigenvalue weighted by Crippen LogP contribution is 2.26. The molecule has 0 saturated heterocycles. The van der Waals surface area contributed by atoms with E-state index in [0.29, 0.717) is 0 Å². The number of nitrogens with zero attached hydrogens (tertiary/aromatic N) is 4. The summed E-state index contributed by atoms with van der Waals surface area (Å²) in [5, 5.41) is 11.6. The average molecular weight is 284 g/mol. The largest absolute Gasteiger partial charge is 0.228 e. The van der Waals surface area contributed by atoms with Crippen molar-refractivity contribution >= 4 is 11.3 Å². The summed E-state index contributed by atoms with van der Waals surface area (Å²) >= 11 is 1.78. The van der Waals surface area contributed by atoms with Gasteiger partial charge in [-0.2, -0.15) is 0 Å². The van der Waals surface area contributed by atoms with E-state index in [2.05, 4.69) is 58.0 Å².